The number of hydrogen-bond acceptors (Lipinski definition) is 2. The summed E-state index contributed by atoms with van der Waals surface area (Å²) in [6.07, 6.45) is 8.98. The molecule has 0 saturated heterocycles. The predicted octanol–water partition coefficient (Wildman–Crippen LogP) is 3.74. The maximum atomic E-state index is 12.2. The second-order valence-electron chi connectivity index (χ2n) is 6.70. The molecule has 5 nitrogen and oxygen atoms in total. The van der Waals surface area contributed by atoms with Crippen molar-refractivity contribution in [1.82, 2.24) is 14.9 Å². The maximum Gasteiger partial charge on any atom is 0.319 e. The summed E-state index contributed by atoms with van der Waals surface area (Å²) < 4.78 is 2.02. The van der Waals surface area contributed by atoms with Gasteiger partial charge in [0.15, 0.2) is 0 Å². The normalized spacial score (nSPS) is 12.6. The second kappa shape index (κ2) is 7.44. The van der Waals surface area contributed by atoms with Crippen molar-refractivity contribution in [2.75, 3.05) is 5.32 Å². The average Bonchev–Trinajstić information content (AvgIpc) is 3.31. The van der Waals surface area contributed by atoms with Gasteiger partial charge >= 0.3 is 6.03 Å². The molecule has 2 aromatic carbocycles. The van der Waals surface area contributed by atoms with Crippen LogP contribution in [-0.2, 0) is 25.9 Å². The van der Waals surface area contributed by atoms with Gasteiger partial charge in [-0.3, -0.25) is 0 Å². The van der Waals surface area contributed by atoms with Crippen molar-refractivity contribution < 1.29 is 4.79 Å². The summed E-state index contributed by atoms with van der Waals surface area (Å²) in [5, 5.41) is 5.86. The fraction of sp³-hybridized carbons (Fsp3) is 0.238. The van der Waals surface area contributed by atoms with Gasteiger partial charge in [0, 0.05) is 31.2 Å². The number of urea groups is 1. The van der Waals surface area contributed by atoms with E-state index in [0.717, 1.165) is 30.6 Å². The first-order chi connectivity index (χ1) is 12.8. The molecule has 3 aromatic rings. The Balaban J connectivity index is 1.33. The van der Waals surface area contributed by atoms with Gasteiger partial charge in [0.25, 0.3) is 0 Å². The Morgan fingerprint density at radius 2 is 1.96 bits per heavy atom. The van der Waals surface area contributed by atoms with Crippen molar-refractivity contribution >= 4 is 11.7 Å². The molecule has 0 saturated carbocycles. The van der Waals surface area contributed by atoms with Crippen LogP contribution in [0.1, 0.15) is 28.7 Å². The van der Waals surface area contributed by atoms with E-state index in [2.05, 4.69) is 39.9 Å². The van der Waals surface area contributed by atoms with Crippen molar-refractivity contribution in [3.63, 3.8) is 0 Å². The van der Waals surface area contributed by atoms with Crippen LogP contribution < -0.4 is 10.6 Å². The zero-order valence-electron chi connectivity index (χ0n) is 14.6. The van der Waals surface area contributed by atoms with Crippen molar-refractivity contribution in [3.8, 4) is 0 Å². The molecule has 0 bridgehead atoms. The first-order valence-electron chi connectivity index (χ1n) is 8.96. The zero-order chi connectivity index (χ0) is 17.8. The quantitative estimate of drug-likeness (QED) is 0.739. The Kier molecular flexibility index (Phi) is 4.69. The number of amides is 2. The summed E-state index contributed by atoms with van der Waals surface area (Å²) in [5.41, 5.74) is 5.88. The van der Waals surface area contributed by atoms with Crippen molar-refractivity contribution in [2.24, 2.45) is 0 Å². The third-order valence-corrected chi connectivity index (χ3v) is 4.73. The summed E-state index contributed by atoms with van der Waals surface area (Å²) in [6, 6.07) is 14.2. The van der Waals surface area contributed by atoms with Crippen LogP contribution in [0.15, 0.2) is 61.2 Å². The molecule has 0 atom stereocenters. The first-order valence-corrected chi connectivity index (χ1v) is 8.96. The van der Waals surface area contributed by atoms with Gasteiger partial charge in [-0.2, -0.15) is 0 Å². The number of nitrogens with zero attached hydrogens (tertiary/aromatic N) is 2. The minimum Gasteiger partial charge on any atom is -0.334 e. The average molecular weight is 346 g/mol. The van der Waals surface area contributed by atoms with E-state index in [9.17, 15) is 4.79 Å². The lowest BCUT2D eigenvalue weighted by Crippen LogP contribution is -2.28. The number of imidazole rings is 1. The molecule has 26 heavy (non-hydrogen) atoms. The molecule has 5 heteroatoms. The molecule has 0 radical (unpaired) electrons. The van der Waals surface area contributed by atoms with Crippen LogP contribution in [0.4, 0.5) is 10.5 Å². The number of carbonyl (C=O) groups excluding carboxylic acids is 1. The van der Waals surface area contributed by atoms with Gasteiger partial charge in [0.1, 0.15) is 0 Å². The van der Waals surface area contributed by atoms with E-state index in [0.29, 0.717) is 6.54 Å². The topological polar surface area (TPSA) is 59.0 Å². The number of nitrogens with one attached hydrogen (secondary N) is 2. The number of fused-ring (bicyclic) bond motifs is 1. The van der Waals surface area contributed by atoms with Crippen molar-refractivity contribution in [2.45, 2.75) is 32.4 Å². The lowest BCUT2D eigenvalue weighted by Gasteiger charge is -2.10. The molecule has 0 aliphatic heterocycles. The number of aryl methyl sites for hydroxylation is 2. The van der Waals surface area contributed by atoms with Crippen molar-refractivity contribution in [1.29, 1.82) is 0 Å². The molecule has 1 heterocycles. The predicted molar refractivity (Wildman–Crippen MR) is 102 cm³/mol. The summed E-state index contributed by atoms with van der Waals surface area (Å²) >= 11 is 0. The summed E-state index contributed by atoms with van der Waals surface area (Å²) in [5.74, 6) is 0. The SMILES string of the molecule is O=C(NCc1cccc(Cn2ccnc2)c1)Nc1ccc2c(c1)CCC2. The fourth-order valence-corrected chi connectivity index (χ4v) is 3.44. The highest BCUT2D eigenvalue weighted by Gasteiger charge is 2.11. The summed E-state index contributed by atoms with van der Waals surface area (Å²) in [6.45, 7) is 1.27. The Bertz CT molecular complexity index is 902. The van der Waals surface area contributed by atoms with Crippen LogP contribution in [0.5, 0.6) is 0 Å². The number of carbonyl (C=O) groups is 1. The van der Waals surface area contributed by atoms with E-state index in [1.54, 1.807) is 12.5 Å². The van der Waals surface area contributed by atoms with Crippen LogP contribution in [-0.4, -0.2) is 15.6 Å². The van der Waals surface area contributed by atoms with Gasteiger partial charge in [-0.05, 0) is 53.6 Å². The third-order valence-electron chi connectivity index (χ3n) is 4.73. The van der Waals surface area contributed by atoms with E-state index in [-0.39, 0.29) is 6.03 Å². The number of rotatable bonds is 5. The molecule has 2 N–H and O–H groups in total. The van der Waals surface area contributed by atoms with E-state index < -0.39 is 0 Å². The Morgan fingerprint density at radius 1 is 1.08 bits per heavy atom. The standard InChI is InChI=1S/C21H22N4O/c26-21(24-20-8-7-18-5-2-6-19(18)12-20)23-13-16-3-1-4-17(11-16)14-25-10-9-22-15-25/h1,3-4,7-12,15H,2,5-6,13-14H2,(H2,23,24,26). The van der Waals surface area contributed by atoms with E-state index in [1.807, 2.05) is 29.0 Å². The van der Waals surface area contributed by atoms with Gasteiger partial charge in [-0.1, -0.05) is 30.3 Å². The minimum absolute atomic E-state index is 0.178. The van der Waals surface area contributed by atoms with Gasteiger partial charge in [-0.25, -0.2) is 9.78 Å². The molecular formula is C21H22N4O. The smallest absolute Gasteiger partial charge is 0.319 e. The van der Waals surface area contributed by atoms with Crippen LogP contribution in [0.2, 0.25) is 0 Å². The summed E-state index contributed by atoms with van der Waals surface area (Å²) in [4.78, 5) is 16.3. The van der Waals surface area contributed by atoms with Gasteiger partial charge < -0.3 is 15.2 Å². The molecular weight excluding hydrogens is 324 g/mol. The Labute approximate surface area is 153 Å². The summed E-state index contributed by atoms with van der Waals surface area (Å²) in [7, 11) is 0. The van der Waals surface area contributed by atoms with Gasteiger partial charge in [0.2, 0.25) is 0 Å². The van der Waals surface area contributed by atoms with Crippen LogP contribution in [0.25, 0.3) is 0 Å². The molecule has 4 rings (SSSR count). The molecule has 1 aliphatic rings. The highest BCUT2D eigenvalue weighted by Crippen LogP contribution is 2.24. The maximum absolute atomic E-state index is 12.2. The van der Waals surface area contributed by atoms with Crippen molar-refractivity contribution in [3.05, 3.63) is 83.4 Å². The fourth-order valence-electron chi connectivity index (χ4n) is 3.44. The Morgan fingerprint density at radius 3 is 2.85 bits per heavy atom. The second-order valence-corrected chi connectivity index (χ2v) is 6.70. The lowest BCUT2D eigenvalue weighted by molar-refractivity contribution is 0.251. The molecule has 1 aromatic heterocycles. The molecule has 132 valence electrons. The Hall–Kier alpha value is -3.08. The van der Waals surface area contributed by atoms with E-state index in [1.165, 1.54) is 23.1 Å². The van der Waals surface area contributed by atoms with E-state index >= 15 is 0 Å². The van der Waals surface area contributed by atoms with Crippen LogP contribution in [0.3, 0.4) is 0 Å². The zero-order valence-corrected chi connectivity index (χ0v) is 14.6. The third kappa shape index (κ3) is 3.94. The van der Waals surface area contributed by atoms with Gasteiger partial charge in [-0.15, -0.1) is 0 Å². The van der Waals surface area contributed by atoms with Crippen LogP contribution >= 0.6 is 0 Å². The van der Waals surface area contributed by atoms with E-state index in [4.69, 9.17) is 0 Å². The first kappa shape index (κ1) is 16.4. The largest absolute Gasteiger partial charge is 0.334 e. The number of benzene rings is 2. The minimum atomic E-state index is -0.178. The molecule has 2 amide bonds. The number of aromatic nitrogens is 2. The van der Waals surface area contributed by atoms with Gasteiger partial charge in [0.05, 0.1) is 6.33 Å². The lowest BCUT2D eigenvalue weighted by atomic mass is 10.1. The number of hydrogen-bond donors (Lipinski definition) is 2. The highest BCUT2D eigenvalue weighted by atomic mass is 16.2. The van der Waals surface area contributed by atoms with Crippen LogP contribution in [0, 0.1) is 0 Å². The molecule has 1 aliphatic carbocycles. The monoisotopic (exact) mass is 346 g/mol. The molecule has 0 spiro atoms. The molecule has 0 fully saturated rings. The molecule has 0 unspecified atom stereocenters. The highest BCUT2D eigenvalue weighted by molar-refractivity contribution is 5.89. The number of anilines is 1.